The number of rotatable bonds is 8. The zero-order valence-electron chi connectivity index (χ0n) is 8.88. The highest BCUT2D eigenvalue weighted by Gasteiger charge is 2.15. The SMILES string of the molecule is CCCCCOCCC(C)(N)CO. The second-order valence-electron chi connectivity index (χ2n) is 3.88. The molecule has 0 saturated carbocycles. The summed E-state index contributed by atoms with van der Waals surface area (Å²) in [5.74, 6) is 0. The van der Waals surface area contributed by atoms with Gasteiger partial charge in [0.25, 0.3) is 0 Å². The van der Waals surface area contributed by atoms with Gasteiger partial charge in [-0.15, -0.1) is 0 Å². The predicted octanol–water partition coefficient (Wildman–Crippen LogP) is 1.29. The average molecular weight is 189 g/mol. The Hall–Kier alpha value is -0.120. The Morgan fingerprint density at radius 2 is 2.00 bits per heavy atom. The molecule has 3 N–H and O–H groups in total. The van der Waals surface area contributed by atoms with E-state index in [1.54, 1.807) is 0 Å². The van der Waals surface area contributed by atoms with Gasteiger partial charge in [0.1, 0.15) is 0 Å². The molecule has 1 unspecified atom stereocenters. The summed E-state index contributed by atoms with van der Waals surface area (Å²) in [7, 11) is 0. The quantitative estimate of drug-likeness (QED) is 0.566. The summed E-state index contributed by atoms with van der Waals surface area (Å²) < 4.78 is 5.38. The van der Waals surface area contributed by atoms with Crippen molar-refractivity contribution in [2.75, 3.05) is 19.8 Å². The smallest absolute Gasteiger partial charge is 0.0609 e. The van der Waals surface area contributed by atoms with E-state index in [0.29, 0.717) is 6.61 Å². The first-order valence-corrected chi connectivity index (χ1v) is 5.10. The maximum Gasteiger partial charge on any atom is 0.0609 e. The molecule has 0 aromatic carbocycles. The lowest BCUT2D eigenvalue weighted by atomic mass is 10.0. The minimum Gasteiger partial charge on any atom is -0.394 e. The lowest BCUT2D eigenvalue weighted by Crippen LogP contribution is -2.41. The van der Waals surface area contributed by atoms with Crippen molar-refractivity contribution in [1.82, 2.24) is 0 Å². The molecule has 13 heavy (non-hydrogen) atoms. The van der Waals surface area contributed by atoms with Crippen LogP contribution in [0.25, 0.3) is 0 Å². The minimum absolute atomic E-state index is 0.0192. The third-order valence-electron chi connectivity index (χ3n) is 2.07. The second-order valence-corrected chi connectivity index (χ2v) is 3.88. The number of aliphatic hydroxyl groups is 1. The van der Waals surface area contributed by atoms with Gasteiger partial charge < -0.3 is 15.6 Å². The maximum absolute atomic E-state index is 8.85. The first-order chi connectivity index (χ1) is 6.12. The molecule has 3 heteroatoms. The number of hydrogen-bond acceptors (Lipinski definition) is 3. The van der Waals surface area contributed by atoms with Crippen molar-refractivity contribution in [3.05, 3.63) is 0 Å². The van der Waals surface area contributed by atoms with Gasteiger partial charge >= 0.3 is 0 Å². The van der Waals surface area contributed by atoms with Gasteiger partial charge in [0.15, 0.2) is 0 Å². The van der Waals surface area contributed by atoms with Gasteiger partial charge in [0.2, 0.25) is 0 Å². The van der Waals surface area contributed by atoms with Crippen molar-refractivity contribution in [2.45, 2.75) is 45.1 Å². The summed E-state index contributed by atoms with van der Waals surface area (Å²) in [6.45, 7) is 5.49. The van der Waals surface area contributed by atoms with Crippen LogP contribution < -0.4 is 5.73 Å². The molecule has 80 valence electrons. The molecule has 0 heterocycles. The fourth-order valence-electron chi connectivity index (χ4n) is 0.941. The molecular formula is C10H23NO2. The summed E-state index contributed by atoms with van der Waals surface area (Å²) in [6, 6.07) is 0. The van der Waals surface area contributed by atoms with Crippen LogP contribution in [-0.4, -0.2) is 30.5 Å². The third-order valence-corrected chi connectivity index (χ3v) is 2.07. The van der Waals surface area contributed by atoms with Crippen LogP contribution >= 0.6 is 0 Å². The van der Waals surface area contributed by atoms with Crippen molar-refractivity contribution in [2.24, 2.45) is 5.73 Å². The van der Waals surface area contributed by atoms with Crippen molar-refractivity contribution < 1.29 is 9.84 Å². The van der Waals surface area contributed by atoms with Crippen LogP contribution in [0, 0.1) is 0 Å². The van der Waals surface area contributed by atoms with Crippen LogP contribution in [0.2, 0.25) is 0 Å². The van der Waals surface area contributed by atoms with Crippen molar-refractivity contribution >= 4 is 0 Å². The van der Waals surface area contributed by atoms with E-state index in [4.69, 9.17) is 15.6 Å². The molecule has 1 atom stereocenters. The topological polar surface area (TPSA) is 55.5 Å². The highest BCUT2D eigenvalue weighted by atomic mass is 16.5. The lowest BCUT2D eigenvalue weighted by molar-refractivity contribution is 0.0976. The summed E-state index contributed by atoms with van der Waals surface area (Å²) in [4.78, 5) is 0. The molecule has 0 rings (SSSR count). The monoisotopic (exact) mass is 189 g/mol. The fourth-order valence-corrected chi connectivity index (χ4v) is 0.941. The first-order valence-electron chi connectivity index (χ1n) is 5.10. The minimum atomic E-state index is -0.481. The van der Waals surface area contributed by atoms with E-state index in [2.05, 4.69) is 6.92 Å². The van der Waals surface area contributed by atoms with Crippen molar-refractivity contribution in [1.29, 1.82) is 0 Å². The number of hydrogen-bond donors (Lipinski definition) is 2. The molecule has 3 nitrogen and oxygen atoms in total. The van der Waals surface area contributed by atoms with Gasteiger partial charge in [0.05, 0.1) is 6.61 Å². The predicted molar refractivity (Wildman–Crippen MR) is 54.6 cm³/mol. The molecule has 0 aliphatic rings. The lowest BCUT2D eigenvalue weighted by Gasteiger charge is -2.21. The molecule has 0 saturated heterocycles. The zero-order chi connectivity index (χ0) is 10.2. The molecule has 0 bridgehead atoms. The standard InChI is InChI=1S/C10H23NO2/c1-3-4-5-7-13-8-6-10(2,11)9-12/h12H,3-9,11H2,1-2H3. The van der Waals surface area contributed by atoms with Gasteiger partial charge in [-0.25, -0.2) is 0 Å². The molecule has 0 aromatic rings. The Kier molecular flexibility index (Phi) is 7.23. The van der Waals surface area contributed by atoms with E-state index in [-0.39, 0.29) is 6.61 Å². The van der Waals surface area contributed by atoms with E-state index >= 15 is 0 Å². The van der Waals surface area contributed by atoms with Crippen LogP contribution in [0.15, 0.2) is 0 Å². The number of nitrogens with two attached hydrogens (primary N) is 1. The third kappa shape index (κ3) is 8.22. The maximum atomic E-state index is 8.85. The molecule has 0 amide bonds. The molecule has 0 aromatic heterocycles. The molecular weight excluding hydrogens is 166 g/mol. The Morgan fingerprint density at radius 1 is 1.31 bits per heavy atom. The highest BCUT2D eigenvalue weighted by Crippen LogP contribution is 2.04. The highest BCUT2D eigenvalue weighted by molar-refractivity contribution is 4.76. The Labute approximate surface area is 81.3 Å². The molecule has 0 spiro atoms. The molecule has 0 aliphatic carbocycles. The van der Waals surface area contributed by atoms with E-state index in [1.165, 1.54) is 12.8 Å². The molecule has 0 aliphatic heterocycles. The van der Waals surface area contributed by atoms with Gasteiger partial charge in [0, 0.05) is 18.8 Å². The first kappa shape index (κ1) is 12.9. The van der Waals surface area contributed by atoms with E-state index < -0.39 is 5.54 Å². The summed E-state index contributed by atoms with van der Waals surface area (Å²) in [5, 5.41) is 8.85. The van der Waals surface area contributed by atoms with Gasteiger partial charge in [-0.1, -0.05) is 19.8 Å². The van der Waals surface area contributed by atoms with E-state index in [1.807, 2.05) is 6.92 Å². The zero-order valence-corrected chi connectivity index (χ0v) is 8.88. The Bertz CT molecular complexity index is 115. The summed E-state index contributed by atoms with van der Waals surface area (Å²) in [5.41, 5.74) is 5.25. The van der Waals surface area contributed by atoms with Gasteiger partial charge in [-0.3, -0.25) is 0 Å². The van der Waals surface area contributed by atoms with Gasteiger partial charge in [-0.05, 0) is 19.8 Å². The number of unbranched alkanes of at least 4 members (excludes halogenated alkanes) is 2. The van der Waals surface area contributed by atoms with Crippen molar-refractivity contribution in [3.8, 4) is 0 Å². The Morgan fingerprint density at radius 3 is 2.54 bits per heavy atom. The summed E-state index contributed by atoms with van der Waals surface area (Å²) in [6.07, 6.45) is 4.28. The normalized spacial score (nSPS) is 15.7. The van der Waals surface area contributed by atoms with Crippen LogP contribution in [0.3, 0.4) is 0 Å². The van der Waals surface area contributed by atoms with Gasteiger partial charge in [-0.2, -0.15) is 0 Å². The van der Waals surface area contributed by atoms with Crippen LogP contribution in [0.5, 0.6) is 0 Å². The van der Waals surface area contributed by atoms with E-state index in [9.17, 15) is 0 Å². The van der Waals surface area contributed by atoms with Crippen LogP contribution in [0.1, 0.15) is 39.5 Å². The Balaban J connectivity index is 3.16. The van der Waals surface area contributed by atoms with Crippen LogP contribution in [-0.2, 0) is 4.74 Å². The second kappa shape index (κ2) is 7.30. The van der Waals surface area contributed by atoms with Crippen LogP contribution in [0.4, 0.5) is 0 Å². The number of aliphatic hydroxyl groups excluding tert-OH is 1. The summed E-state index contributed by atoms with van der Waals surface area (Å²) >= 11 is 0. The fraction of sp³-hybridized carbons (Fsp3) is 1.00. The number of ether oxygens (including phenoxy) is 1. The molecule has 0 radical (unpaired) electrons. The van der Waals surface area contributed by atoms with Crippen molar-refractivity contribution in [3.63, 3.8) is 0 Å². The van der Waals surface area contributed by atoms with E-state index in [0.717, 1.165) is 19.4 Å². The average Bonchev–Trinajstić information content (AvgIpc) is 2.11. The molecule has 0 fully saturated rings. The largest absolute Gasteiger partial charge is 0.394 e.